The minimum Gasteiger partial charge on any atom is -0.362 e. The van der Waals surface area contributed by atoms with Gasteiger partial charge in [-0.25, -0.2) is 4.98 Å². The summed E-state index contributed by atoms with van der Waals surface area (Å²) in [6.45, 7) is 6.91. The van der Waals surface area contributed by atoms with Gasteiger partial charge in [0.05, 0.1) is 6.20 Å². The molecule has 5 heteroatoms. The average molecular weight is 190 g/mol. The predicted octanol–water partition coefficient (Wildman–Crippen LogP) is 2.00. The lowest BCUT2D eigenvalue weighted by Crippen LogP contribution is -1.94. The molecule has 0 aliphatic carbocycles. The third kappa shape index (κ3) is 1.25. The molecule has 0 N–H and O–H groups in total. The Hall–Kier alpha value is -1.54. The SMILES string of the molecule is [C-]#[N+]c1ccc2cnc(SC)nn12. The van der Waals surface area contributed by atoms with Crippen LogP contribution in [-0.4, -0.2) is 20.9 Å². The molecule has 0 fully saturated rings. The van der Waals surface area contributed by atoms with Crippen LogP contribution in [-0.2, 0) is 0 Å². The lowest BCUT2D eigenvalue weighted by Gasteiger charge is -1.93. The number of fused-ring (bicyclic) bond motifs is 1. The van der Waals surface area contributed by atoms with E-state index in [0.29, 0.717) is 11.0 Å². The predicted molar refractivity (Wildman–Crippen MR) is 51.0 cm³/mol. The van der Waals surface area contributed by atoms with Crippen molar-refractivity contribution in [3.05, 3.63) is 29.7 Å². The van der Waals surface area contributed by atoms with Gasteiger partial charge in [0.2, 0.25) is 5.16 Å². The summed E-state index contributed by atoms with van der Waals surface area (Å²) in [5.74, 6) is 0.521. The summed E-state index contributed by atoms with van der Waals surface area (Å²) in [7, 11) is 0. The van der Waals surface area contributed by atoms with E-state index in [4.69, 9.17) is 6.57 Å². The van der Waals surface area contributed by atoms with Crippen LogP contribution in [0.3, 0.4) is 0 Å². The van der Waals surface area contributed by atoms with Crippen molar-refractivity contribution >= 4 is 23.1 Å². The lowest BCUT2D eigenvalue weighted by molar-refractivity contribution is 0.808. The van der Waals surface area contributed by atoms with Gasteiger partial charge < -0.3 is 4.85 Å². The molecule has 0 atom stereocenters. The smallest absolute Gasteiger partial charge is 0.255 e. The Bertz CT molecular complexity index is 482. The largest absolute Gasteiger partial charge is 0.362 e. The molecular weight excluding hydrogens is 184 g/mol. The van der Waals surface area contributed by atoms with E-state index >= 15 is 0 Å². The quantitative estimate of drug-likeness (QED) is 0.509. The number of hydrogen-bond acceptors (Lipinski definition) is 3. The molecule has 0 unspecified atom stereocenters. The van der Waals surface area contributed by atoms with Gasteiger partial charge in [0.25, 0.3) is 5.82 Å². The van der Waals surface area contributed by atoms with E-state index in [1.54, 1.807) is 16.8 Å². The van der Waals surface area contributed by atoms with E-state index in [1.807, 2.05) is 12.3 Å². The Morgan fingerprint density at radius 2 is 2.38 bits per heavy atom. The van der Waals surface area contributed by atoms with Crippen molar-refractivity contribution in [3.8, 4) is 0 Å². The highest BCUT2D eigenvalue weighted by Crippen LogP contribution is 2.17. The molecular formula is C8H6N4S. The number of nitrogens with zero attached hydrogens (tertiary/aromatic N) is 4. The van der Waals surface area contributed by atoms with Gasteiger partial charge in [-0.3, -0.25) is 0 Å². The molecule has 64 valence electrons. The van der Waals surface area contributed by atoms with Crippen LogP contribution in [0.5, 0.6) is 0 Å². The van der Waals surface area contributed by atoms with Crippen LogP contribution in [0, 0.1) is 6.57 Å². The fraction of sp³-hybridized carbons (Fsp3) is 0.125. The molecule has 13 heavy (non-hydrogen) atoms. The average Bonchev–Trinajstić information content (AvgIpc) is 2.59. The molecule has 2 aromatic rings. The van der Waals surface area contributed by atoms with Gasteiger partial charge in [0.1, 0.15) is 0 Å². The number of thioether (sulfide) groups is 1. The number of aromatic nitrogens is 3. The van der Waals surface area contributed by atoms with Crippen molar-refractivity contribution in [1.82, 2.24) is 14.6 Å². The summed E-state index contributed by atoms with van der Waals surface area (Å²) < 4.78 is 1.60. The molecule has 0 saturated carbocycles. The molecule has 2 heterocycles. The first-order valence-electron chi connectivity index (χ1n) is 3.61. The van der Waals surface area contributed by atoms with Crippen LogP contribution in [0.4, 0.5) is 5.82 Å². The Kier molecular flexibility index (Phi) is 1.91. The van der Waals surface area contributed by atoms with Crippen LogP contribution < -0.4 is 0 Å². The van der Waals surface area contributed by atoms with Crippen LogP contribution in [0.2, 0.25) is 0 Å². The van der Waals surface area contributed by atoms with Crippen LogP contribution in [0.25, 0.3) is 10.4 Å². The minimum absolute atomic E-state index is 0.521. The fourth-order valence-corrected chi connectivity index (χ4v) is 1.37. The second-order valence-electron chi connectivity index (χ2n) is 2.38. The molecule has 0 spiro atoms. The van der Waals surface area contributed by atoms with Gasteiger partial charge in [0.15, 0.2) is 5.52 Å². The Balaban J connectivity index is 2.73. The maximum atomic E-state index is 6.91. The molecule has 4 nitrogen and oxygen atoms in total. The van der Waals surface area contributed by atoms with E-state index in [0.717, 1.165) is 5.52 Å². The maximum Gasteiger partial charge on any atom is 0.255 e. The van der Waals surface area contributed by atoms with Crippen LogP contribution in [0.1, 0.15) is 0 Å². The van der Waals surface area contributed by atoms with E-state index in [1.165, 1.54) is 11.8 Å². The number of rotatable bonds is 1. The summed E-state index contributed by atoms with van der Waals surface area (Å²) in [5, 5.41) is 4.85. The second kappa shape index (κ2) is 3.07. The third-order valence-corrected chi connectivity index (χ3v) is 2.21. The van der Waals surface area contributed by atoms with Crippen molar-refractivity contribution in [2.24, 2.45) is 0 Å². The summed E-state index contributed by atoms with van der Waals surface area (Å²) in [5.41, 5.74) is 0.851. The van der Waals surface area contributed by atoms with Gasteiger partial charge in [-0.2, -0.15) is 4.52 Å². The van der Waals surface area contributed by atoms with Gasteiger partial charge in [0, 0.05) is 0 Å². The topological polar surface area (TPSA) is 34.5 Å². The van der Waals surface area contributed by atoms with E-state index < -0.39 is 0 Å². The third-order valence-electron chi connectivity index (χ3n) is 1.65. The van der Waals surface area contributed by atoms with E-state index in [-0.39, 0.29) is 0 Å². The first-order chi connectivity index (χ1) is 6.35. The first-order valence-corrected chi connectivity index (χ1v) is 4.84. The molecule has 0 aromatic carbocycles. The van der Waals surface area contributed by atoms with Gasteiger partial charge in [-0.1, -0.05) is 23.4 Å². The highest BCUT2D eigenvalue weighted by molar-refractivity contribution is 7.98. The molecule has 0 radical (unpaired) electrons. The molecule has 0 saturated heterocycles. The lowest BCUT2D eigenvalue weighted by atomic mass is 10.5. The maximum absolute atomic E-state index is 6.91. The standard InChI is InChI=1S/C8H6N4S/c1-9-7-4-3-6-5-10-8(13-2)11-12(6)7/h3-5H,2H3. The van der Waals surface area contributed by atoms with Gasteiger partial charge in [-0.05, 0) is 18.4 Å². The number of hydrogen-bond donors (Lipinski definition) is 0. The fourth-order valence-electron chi connectivity index (χ4n) is 1.05. The summed E-state index contributed by atoms with van der Waals surface area (Å²) in [6, 6.07) is 3.57. The minimum atomic E-state index is 0.521. The summed E-state index contributed by atoms with van der Waals surface area (Å²) in [4.78, 5) is 7.45. The van der Waals surface area contributed by atoms with Crippen molar-refractivity contribution in [3.63, 3.8) is 0 Å². The molecule has 0 aliphatic rings. The molecule has 2 rings (SSSR count). The van der Waals surface area contributed by atoms with Crippen molar-refractivity contribution in [1.29, 1.82) is 0 Å². The second-order valence-corrected chi connectivity index (χ2v) is 3.16. The van der Waals surface area contributed by atoms with Gasteiger partial charge >= 0.3 is 0 Å². The highest BCUT2D eigenvalue weighted by Gasteiger charge is 2.05. The van der Waals surface area contributed by atoms with Crippen LogP contribution >= 0.6 is 11.8 Å². The molecule has 2 aromatic heterocycles. The first kappa shape index (κ1) is 8.08. The molecule has 0 bridgehead atoms. The Morgan fingerprint density at radius 3 is 3.08 bits per heavy atom. The zero-order chi connectivity index (χ0) is 9.26. The van der Waals surface area contributed by atoms with E-state index in [2.05, 4.69) is 14.9 Å². The monoisotopic (exact) mass is 190 g/mol. The molecule has 0 aliphatic heterocycles. The summed E-state index contributed by atoms with van der Waals surface area (Å²) >= 11 is 1.46. The van der Waals surface area contributed by atoms with Crippen molar-refractivity contribution in [2.45, 2.75) is 5.16 Å². The Morgan fingerprint density at radius 1 is 1.54 bits per heavy atom. The van der Waals surface area contributed by atoms with E-state index in [9.17, 15) is 0 Å². The van der Waals surface area contributed by atoms with Crippen LogP contribution in [0.15, 0.2) is 23.5 Å². The highest BCUT2D eigenvalue weighted by atomic mass is 32.2. The van der Waals surface area contributed by atoms with Gasteiger partial charge in [-0.15, -0.1) is 0 Å². The summed E-state index contributed by atoms with van der Waals surface area (Å²) in [6.07, 6.45) is 3.62. The zero-order valence-corrected chi connectivity index (χ0v) is 7.75. The zero-order valence-electron chi connectivity index (χ0n) is 6.93. The normalized spacial score (nSPS) is 10.2. The molecule has 0 amide bonds. The van der Waals surface area contributed by atoms with Crippen molar-refractivity contribution < 1.29 is 0 Å². The van der Waals surface area contributed by atoms with Crippen molar-refractivity contribution in [2.75, 3.05) is 6.26 Å². The Labute approximate surface area is 79.4 Å².